The zero-order valence-corrected chi connectivity index (χ0v) is 8.80. The van der Waals surface area contributed by atoms with E-state index in [9.17, 15) is 0 Å². The second kappa shape index (κ2) is 4.31. The molecule has 0 radical (unpaired) electrons. The Morgan fingerprint density at radius 1 is 1.31 bits per heavy atom. The minimum Gasteiger partial charge on any atom is -0.399 e. The van der Waals surface area contributed by atoms with E-state index in [0.717, 1.165) is 18.0 Å². The van der Waals surface area contributed by atoms with E-state index in [1.165, 1.54) is 17.5 Å². The third-order valence-electron chi connectivity index (χ3n) is 2.35. The molecule has 0 aliphatic heterocycles. The minimum atomic E-state index is 0.766. The molecule has 1 rings (SSSR count). The molecule has 0 heterocycles. The summed E-state index contributed by atoms with van der Waals surface area (Å²) in [5.41, 5.74) is 9.28. The van der Waals surface area contributed by atoms with E-state index in [2.05, 4.69) is 32.0 Å². The maximum Gasteiger partial charge on any atom is 0.0346 e. The van der Waals surface area contributed by atoms with Gasteiger partial charge in [-0.2, -0.15) is 0 Å². The first-order valence-corrected chi connectivity index (χ1v) is 4.94. The Hall–Kier alpha value is -0.980. The van der Waals surface area contributed by atoms with Crippen LogP contribution in [0.15, 0.2) is 18.2 Å². The van der Waals surface area contributed by atoms with E-state index in [-0.39, 0.29) is 0 Å². The van der Waals surface area contributed by atoms with Crippen LogP contribution < -0.4 is 5.73 Å². The predicted molar refractivity (Wildman–Crippen MR) is 58.8 cm³/mol. The SMILES string of the molecule is Cc1ccc(CCC(C)C)cc1N. The Morgan fingerprint density at radius 3 is 2.54 bits per heavy atom. The summed E-state index contributed by atoms with van der Waals surface area (Å²) >= 11 is 0. The molecule has 72 valence electrons. The van der Waals surface area contributed by atoms with Gasteiger partial charge in [-0.15, -0.1) is 0 Å². The molecule has 0 unspecified atom stereocenters. The van der Waals surface area contributed by atoms with Crippen molar-refractivity contribution in [2.45, 2.75) is 33.6 Å². The fourth-order valence-corrected chi connectivity index (χ4v) is 1.30. The number of anilines is 1. The van der Waals surface area contributed by atoms with Crippen molar-refractivity contribution in [2.24, 2.45) is 5.92 Å². The first-order chi connectivity index (χ1) is 6.09. The van der Waals surface area contributed by atoms with Gasteiger partial charge < -0.3 is 5.73 Å². The lowest BCUT2D eigenvalue weighted by Gasteiger charge is -2.06. The van der Waals surface area contributed by atoms with Crippen LogP contribution >= 0.6 is 0 Å². The normalized spacial score (nSPS) is 10.8. The number of hydrogen-bond acceptors (Lipinski definition) is 1. The fourth-order valence-electron chi connectivity index (χ4n) is 1.30. The summed E-state index contributed by atoms with van der Waals surface area (Å²) in [6.07, 6.45) is 2.38. The van der Waals surface area contributed by atoms with Gasteiger partial charge in [0.15, 0.2) is 0 Å². The largest absolute Gasteiger partial charge is 0.399 e. The highest BCUT2D eigenvalue weighted by atomic mass is 14.5. The van der Waals surface area contributed by atoms with Crippen LogP contribution in [0.4, 0.5) is 5.69 Å². The number of benzene rings is 1. The number of rotatable bonds is 3. The summed E-state index contributed by atoms with van der Waals surface area (Å²) in [6, 6.07) is 6.37. The van der Waals surface area contributed by atoms with Crippen LogP contribution in [0.1, 0.15) is 31.4 Å². The molecule has 0 aliphatic carbocycles. The Balaban J connectivity index is 2.63. The molecule has 0 atom stereocenters. The van der Waals surface area contributed by atoms with Crippen LogP contribution in [0.25, 0.3) is 0 Å². The Morgan fingerprint density at radius 2 is 2.00 bits per heavy atom. The highest BCUT2D eigenvalue weighted by Gasteiger charge is 1.98. The third kappa shape index (κ3) is 3.10. The molecule has 1 aromatic rings. The zero-order chi connectivity index (χ0) is 9.84. The summed E-state index contributed by atoms with van der Waals surface area (Å²) in [4.78, 5) is 0. The van der Waals surface area contributed by atoms with E-state index in [1.807, 2.05) is 6.92 Å². The topological polar surface area (TPSA) is 26.0 Å². The first-order valence-electron chi connectivity index (χ1n) is 4.94. The van der Waals surface area contributed by atoms with Gasteiger partial charge in [-0.25, -0.2) is 0 Å². The molecule has 0 spiro atoms. The second-order valence-corrected chi connectivity index (χ2v) is 4.12. The predicted octanol–water partition coefficient (Wildman–Crippen LogP) is 3.17. The first kappa shape index (κ1) is 10.1. The van der Waals surface area contributed by atoms with E-state index in [1.54, 1.807) is 0 Å². The molecule has 1 nitrogen and oxygen atoms in total. The van der Waals surface area contributed by atoms with Gasteiger partial charge in [-0.05, 0) is 42.9 Å². The molecule has 0 bridgehead atoms. The second-order valence-electron chi connectivity index (χ2n) is 4.12. The van der Waals surface area contributed by atoms with Gasteiger partial charge >= 0.3 is 0 Å². The quantitative estimate of drug-likeness (QED) is 0.705. The van der Waals surface area contributed by atoms with Gasteiger partial charge in [-0.1, -0.05) is 26.0 Å². The van der Waals surface area contributed by atoms with Gasteiger partial charge in [0, 0.05) is 5.69 Å². The Bertz CT molecular complexity index is 276. The maximum absolute atomic E-state index is 5.83. The van der Waals surface area contributed by atoms with Crippen molar-refractivity contribution < 1.29 is 0 Å². The van der Waals surface area contributed by atoms with Crippen molar-refractivity contribution in [1.29, 1.82) is 0 Å². The van der Waals surface area contributed by atoms with Crippen LogP contribution in [-0.2, 0) is 6.42 Å². The standard InChI is InChI=1S/C12H19N/c1-9(2)4-6-11-7-5-10(3)12(13)8-11/h5,7-9H,4,6,13H2,1-3H3. The highest BCUT2D eigenvalue weighted by molar-refractivity contribution is 5.48. The summed E-state index contributed by atoms with van der Waals surface area (Å²) in [7, 11) is 0. The molecule has 1 aromatic carbocycles. The van der Waals surface area contributed by atoms with Crippen molar-refractivity contribution in [3.8, 4) is 0 Å². The number of nitrogens with two attached hydrogens (primary N) is 1. The third-order valence-corrected chi connectivity index (χ3v) is 2.35. The molecular formula is C12H19N. The molecule has 0 saturated heterocycles. The average molecular weight is 177 g/mol. The molecule has 1 heteroatoms. The maximum atomic E-state index is 5.83. The van der Waals surface area contributed by atoms with Gasteiger partial charge in [0.1, 0.15) is 0 Å². The van der Waals surface area contributed by atoms with Crippen molar-refractivity contribution in [2.75, 3.05) is 5.73 Å². The number of nitrogen functional groups attached to an aromatic ring is 1. The average Bonchev–Trinajstić information content (AvgIpc) is 2.07. The zero-order valence-electron chi connectivity index (χ0n) is 8.80. The van der Waals surface area contributed by atoms with E-state index in [0.29, 0.717) is 0 Å². The van der Waals surface area contributed by atoms with Crippen LogP contribution in [0.2, 0.25) is 0 Å². The van der Waals surface area contributed by atoms with Crippen molar-refractivity contribution in [1.82, 2.24) is 0 Å². The molecule has 0 aliphatic rings. The lowest BCUT2D eigenvalue weighted by Crippen LogP contribution is -1.95. The molecule has 0 aromatic heterocycles. The van der Waals surface area contributed by atoms with Crippen molar-refractivity contribution in [3.05, 3.63) is 29.3 Å². The highest BCUT2D eigenvalue weighted by Crippen LogP contribution is 2.15. The molecule has 2 N–H and O–H groups in total. The van der Waals surface area contributed by atoms with Gasteiger partial charge in [0.2, 0.25) is 0 Å². The van der Waals surface area contributed by atoms with Crippen LogP contribution in [0.5, 0.6) is 0 Å². The summed E-state index contributed by atoms with van der Waals surface area (Å²) < 4.78 is 0. The van der Waals surface area contributed by atoms with Gasteiger partial charge in [-0.3, -0.25) is 0 Å². The van der Waals surface area contributed by atoms with Crippen LogP contribution in [-0.4, -0.2) is 0 Å². The van der Waals surface area contributed by atoms with Crippen LogP contribution in [0, 0.1) is 12.8 Å². The molecule has 0 amide bonds. The Kier molecular flexibility index (Phi) is 3.35. The number of hydrogen-bond donors (Lipinski definition) is 1. The number of aryl methyl sites for hydroxylation is 2. The minimum absolute atomic E-state index is 0.766. The van der Waals surface area contributed by atoms with Crippen LogP contribution in [0.3, 0.4) is 0 Å². The van der Waals surface area contributed by atoms with Gasteiger partial charge in [0.25, 0.3) is 0 Å². The van der Waals surface area contributed by atoms with Crippen molar-refractivity contribution in [3.63, 3.8) is 0 Å². The smallest absolute Gasteiger partial charge is 0.0346 e. The summed E-state index contributed by atoms with van der Waals surface area (Å²) in [6.45, 7) is 6.54. The molecule has 13 heavy (non-hydrogen) atoms. The van der Waals surface area contributed by atoms with Gasteiger partial charge in [0.05, 0.1) is 0 Å². The van der Waals surface area contributed by atoms with E-state index in [4.69, 9.17) is 5.73 Å². The molecule has 0 fully saturated rings. The van der Waals surface area contributed by atoms with E-state index >= 15 is 0 Å². The van der Waals surface area contributed by atoms with Crippen molar-refractivity contribution >= 4 is 5.69 Å². The van der Waals surface area contributed by atoms with E-state index < -0.39 is 0 Å². The summed E-state index contributed by atoms with van der Waals surface area (Å²) in [5.74, 6) is 0.766. The lowest BCUT2D eigenvalue weighted by molar-refractivity contribution is 0.587. The molecular weight excluding hydrogens is 158 g/mol. The Labute approximate surface area is 81.0 Å². The fraction of sp³-hybridized carbons (Fsp3) is 0.500. The molecule has 0 saturated carbocycles. The monoisotopic (exact) mass is 177 g/mol. The summed E-state index contributed by atoms with van der Waals surface area (Å²) in [5, 5.41) is 0. The lowest BCUT2D eigenvalue weighted by atomic mass is 10.0.